The molecule has 1 aliphatic rings. The van der Waals surface area contributed by atoms with Crippen LogP contribution in [0.1, 0.15) is 19.3 Å². The highest BCUT2D eigenvalue weighted by atomic mass is 79.9. The number of anilines is 1. The molecule has 0 radical (unpaired) electrons. The number of hydrogen-bond donors (Lipinski definition) is 3. The Kier molecular flexibility index (Phi) is 7.71. The number of halogens is 2. The molecular weight excluding hydrogens is 471 g/mol. The second-order valence-electron chi connectivity index (χ2n) is 6.33. The lowest BCUT2D eigenvalue weighted by molar-refractivity contribution is 0.353. The van der Waals surface area contributed by atoms with Gasteiger partial charge in [0.2, 0.25) is 5.13 Å². The summed E-state index contributed by atoms with van der Waals surface area (Å²) >= 11 is 4.10. The van der Waals surface area contributed by atoms with Crippen molar-refractivity contribution in [1.29, 1.82) is 0 Å². The van der Waals surface area contributed by atoms with Crippen molar-refractivity contribution in [2.75, 3.05) is 30.6 Å². The van der Waals surface area contributed by atoms with E-state index in [-0.39, 0.29) is 5.13 Å². The van der Waals surface area contributed by atoms with Crippen LogP contribution in [-0.4, -0.2) is 50.0 Å². The van der Waals surface area contributed by atoms with Gasteiger partial charge in [-0.25, -0.2) is 14.8 Å². The number of nitrogens with zero attached hydrogens (tertiary/aromatic N) is 3. The molecule has 8 nitrogen and oxygen atoms in total. The van der Waals surface area contributed by atoms with Crippen molar-refractivity contribution in [2.45, 2.75) is 30.2 Å². The largest absolute Gasteiger partial charge is 0.315 e. The summed E-state index contributed by atoms with van der Waals surface area (Å²) < 4.78 is 45.4. The molecule has 0 amide bonds. The molecule has 0 aliphatic carbocycles. The van der Waals surface area contributed by atoms with Crippen LogP contribution in [-0.2, 0) is 10.0 Å². The van der Waals surface area contributed by atoms with Crippen LogP contribution in [0.3, 0.4) is 0 Å². The number of hydrazine groups is 1. The first kappa shape index (κ1) is 21.5. The lowest BCUT2D eigenvalue weighted by atomic mass is 10.1. The fraction of sp³-hybridized carbons (Fsp3) is 0.500. The standard InChI is InChI=1S/C16H22BrFN6O2S2/c17-12-3-4-14(18)15(9-12)28(25,26)24(16-21-11-23-27-16)22-7-2-1-6-19-10-13-5-8-20-13/h3-4,9,11,13,19-20,22H,1-2,5-8,10H2/t13-/m0/s1. The molecule has 0 saturated carbocycles. The van der Waals surface area contributed by atoms with Gasteiger partial charge in [-0.15, -0.1) is 0 Å². The third-order valence-corrected chi connectivity index (χ3v) is 7.20. The van der Waals surface area contributed by atoms with Gasteiger partial charge in [0.25, 0.3) is 10.0 Å². The molecule has 3 N–H and O–H groups in total. The summed E-state index contributed by atoms with van der Waals surface area (Å²) in [6.45, 7) is 3.29. The Labute approximate surface area is 176 Å². The summed E-state index contributed by atoms with van der Waals surface area (Å²) in [6, 6.07) is 4.36. The third-order valence-electron chi connectivity index (χ3n) is 4.29. The number of unbranched alkanes of at least 4 members (excludes halogenated alkanes) is 1. The molecule has 28 heavy (non-hydrogen) atoms. The number of benzene rings is 1. The van der Waals surface area contributed by atoms with Gasteiger partial charge >= 0.3 is 0 Å². The summed E-state index contributed by atoms with van der Waals surface area (Å²) in [4.78, 5) is 3.53. The number of nitrogens with one attached hydrogen (secondary N) is 3. The molecule has 1 saturated heterocycles. The van der Waals surface area contributed by atoms with Crippen molar-refractivity contribution in [3.63, 3.8) is 0 Å². The Morgan fingerprint density at radius 2 is 2.14 bits per heavy atom. The van der Waals surface area contributed by atoms with Gasteiger partial charge in [-0.3, -0.25) is 0 Å². The second-order valence-corrected chi connectivity index (χ2v) is 9.76. The maximum Gasteiger partial charge on any atom is 0.282 e. The van der Waals surface area contributed by atoms with Crippen LogP contribution in [0.15, 0.2) is 33.9 Å². The summed E-state index contributed by atoms with van der Waals surface area (Å²) in [5.74, 6) is -0.826. The topological polar surface area (TPSA) is 99.2 Å². The van der Waals surface area contributed by atoms with E-state index in [2.05, 4.69) is 41.3 Å². The quantitative estimate of drug-likeness (QED) is 0.325. The highest BCUT2D eigenvalue weighted by molar-refractivity contribution is 9.10. The van der Waals surface area contributed by atoms with Crippen LogP contribution < -0.4 is 20.5 Å². The molecule has 1 aromatic carbocycles. The van der Waals surface area contributed by atoms with Crippen molar-refractivity contribution in [3.8, 4) is 0 Å². The molecular formula is C16H22BrFN6O2S2. The summed E-state index contributed by atoms with van der Waals surface area (Å²) in [5, 5.41) is 6.83. The molecule has 154 valence electrons. The van der Waals surface area contributed by atoms with E-state index < -0.39 is 20.7 Å². The Balaban J connectivity index is 1.59. The van der Waals surface area contributed by atoms with Gasteiger partial charge in [0.05, 0.1) is 0 Å². The zero-order valence-corrected chi connectivity index (χ0v) is 18.3. The number of sulfonamides is 1. The Bertz CT molecular complexity index is 864. The van der Waals surface area contributed by atoms with Crippen molar-refractivity contribution < 1.29 is 12.8 Å². The van der Waals surface area contributed by atoms with Gasteiger partial charge in [0.15, 0.2) is 0 Å². The predicted octanol–water partition coefficient (Wildman–Crippen LogP) is 1.87. The first-order chi connectivity index (χ1) is 13.5. The highest BCUT2D eigenvalue weighted by Gasteiger charge is 2.30. The van der Waals surface area contributed by atoms with E-state index in [0.29, 0.717) is 17.1 Å². The first-order valence-electron chi connectivity index (χ1n) is 8.93. The normalized spacial score (nSPS) is 16.7. The van der Waals surface area contributed by atoms with Gasteiger partial charge < -0.3 is 10.6 Å². The highest BCUT2D eigenvalue weighted by Crippen LogP contribution is 2.26. The summed E-state index contributed by atoms with van der Waals surface area (Å²) in [7, 11) is -4.18. The van der Waals surface area contributed by atoms with E-state index in [1.165, 1.54) is 24.9 Å². The van der Waals surface area contributed by atoms with Gasteiger partial charge in [-0.05, 0) is 50.6 Å². The monoisotopic (exact) mass is 492 g/mol. The minimum absolute atomic E-state index is 0.133. The Morgan fingerprint density at radius 1 is 1.36 bits per heavy atom. The molecule has 12 heteroatoms. The molecule has 2 aromatic rings. The van der Waals surface area contributed by atoms with Gasteiger partial charge in [-0.1, -0.05) is 15.9 Å². The SMILES string of the molecule is O=S(=O)(c1cc(Br)ccc1F)N(NCCCCNC[C@@H]1CCN1)c1ncns1. The third kappa shape index (κ3) is 5.45. The smallest absolute Gasteiger partial charge is 0.282 e. The summed E-state index contributed by atoms with van der Waals surface area (Å²) in [5.41, 5.74) is 2.86. The van der Waals surface area contributed by atoms with Crippen molar-refractivity contribution in [3.05, 3.63) is 34.8 Å². The molecule has 0 spiro atoms. The maximum atomic E-state index is 14.2. The average Bonchev–Trinajstić information content (AvgIpc) is 3.14. The van der Waals surface area contributed by atoms with Crippen molar-refractivity contribution >= 4 is 42.6 Å². The maximum absolute atomic E-state index is 14.2. The van der Waals surface area contributed by atoms with Gasteiger partial charge in [-0.2, -0.15) is 17.2 Å². The molecule has 3 rings (SSSR count). The first-order valence-corrected chi connectivity index (χ1v) is 11.9. The summed E-state index contributed by atoms with van der Waals surface area (Å²) in [6.07, 6.45) is 4.10. The predicted molar refractivity (Wildman–Crippen MR) is 110 cm³/mol. The van der Waals surface area contributed by atoms with Gasteiger partial charge in [0.1, 0.15) is 17.0 Å². The zero-order valence-electron chi connectivity index (χ0n) is 15.1. The molecule has 1 aliphatic heterocycles. The Morgan fingerprint density at radius 3 is 2.82 bits per heavy atom. The fourth-order valence-corrected chi connectivity index (χ4v) is 5.27. The minimum atomic E-state index is -4.18. The van der Waals surface area contributed by atoms with E-state index in [1.807, 2.05) is 0 Å². The van der Waals surface area contributed by atoms with E-state index in [0.717, 1.165) is 54.5 Å². The molecule has 2 heterocycles. The molecule has 0 unspecified atom stereocenters. The van der Waals surface area contributed by atoms with E-state index >= 15 is 0 Å². The minimum Gasteiger partial charge on any atom is -0.315 e. The van der Waals surface area contributed by atoms with Gasteiger partial charge in [0, 0.05) is 35.1 Å². The average molecular weight is 493 g/mol. The number of aromatic nitrogens is 2. The van der Waals surface area contributed by atoms with Crippen LogP contribution in [0.4, 0.5) is 9.52 Å². The lowest BCUT2D eigenvalue weighted by Crippen LogP contribution is -2.49. The van der Waals surface area contributed by atoms with Crippen molar-refractivity contribution in [2.24, 2.45) is 0 Å². The number of rotatable bonds is 11. The lowest BCUT2D eigenvalue weighted by Gasteiger charge is -2.27. The Hall–Kier alpha value is -1.18. The van der Waals surface area contributed by atoms with Crippen LogP contribution in [0, 0.1) is 5.82 Å². The zero-order chi connectivity index (χ0) is 20.0. The van der Waals surface area contributed by atoms with Crippen LogP contribution in [0.25, 0.3) is 0 Å². The molecule has 1 atom stereocenters. The van der Waals surface area contributed by atoms with E-state index in [9.17, 15) is 12.8 Å². The van der Waals surface area contributed by atoms with E-state index in [4.69, 9.17) is 0 Å². The molecule has 0 bridgehead atoms. The second kappa shape index (κ2) is 10.0. The van der Waals surface area contributed by atoms with E-state index in [1.54, 1.807) is 0 Å². The number of hydrogen-bond acceptors (Lipinski definition) is 8. The molecule has 1 aromatic heterocycles. The molecule has 1 fully saturated rings. The van der Waals surface area contributed by atoms with Crippen LogP contribution in [0.5, 0.6) is 0 Å². The van der Waals surface area contributed by atoms with Crippen molar-refractivity contribution in [1.82, 2.24) is 25.4 Å². The van der Waals surface area contributed by atoms with Crippen LogP contribution in [0.2, 0.25) is 0 Å². The fourth-order valence-electron chi connectivity index (χ4n) is 2.64. The van der Waals surface area contributed by atoms with Crippen LogP contribution >= 0.6 is 27.5 Å².